The second-order valence-corrected chi connectivity index (χ2v) is 9.00. The van der Waals surface area contributed by atoms with Crippen molar-refractivity contribution in [3.8, 4) is 11.1 Å². The highest BCUT2D eigenvalue weighted by molar-refractivity contribution is 7.78. The van der Waals surface area contributed by atoms with Crippen LogP contribution in [0, 0.1) is 0 Å². The van der Waals surface area contributed by atoms with Crippen LogP contribution in [0.3, 0.4) is 0 Å². The Balaban J connectivity index is 1.37. The van der Waals surface area contributed by atoms with Gasteiger partial charge in [-0.25, -0.2) is 4.98 Å². The third-order valence-corrected chi connectivity index (χ3v) is 6.82. The largest absolute Gasteiger partial charge is 0.378 e. The normalized spacial score (nSPS) is 14.2. The molecule has 0 amide bonds. The maximum Gasteiger partial charge on any atom is 0.251 e. The summed E-state index contributed by atoms with van der Waals surface area (Å²) in [5, 5.41) is 3.32. The summed E-state index contributed by atoms with van der Waals surface area (Å²) in [6, 6.07) is 20.3. The number of benzene rings is 2. The topological polar surface area (TPSA) is 52.3 Å². The van der Waals surface area contributed by atoms with Gasteiger partial charge in [-0.15, -0.1) is 0 Å². The number of aromatic nitrogens is 3. The number of fused-ring (bicyclic) bond motifs is 2. The number of nitrogens with zero attached hydrogens (tertiary/aromatic N) is 4. The molecule has 0 saturated carbocycles. The molecule has 7 heteroatoms. The molecule has 0 radical (unpaired) electrons. The second kappa shape index (κ2) is 8.66. The van der Waals surface area contributed by atoms with E-state index in [4.69, 9.17) is 4.74 Å². The van der Waals surface area contributed by atoms with Crippen LogP contribution in [0.15, 0.2) is 84.0 Å². The fraction of sp³-hybridized carbons (Fsp3) is 0.185. The summed E-state index contributed by atoms with van der Waals surface area (Å²) >= 11 is 4.57. The molecular formula is C27H24N4O2S. The predicted molar refractivity (Wildman–Crippen MR) is 140 cm³/mol. The molecule has 1 saturated heterocycles. The van der Waals surface area contributed by atoms with E-state index >= 15 is 0 Å². The molecule has 0 spiro atoms. The molecule has 6 nitrogen and oxygen atoms in total. The first kappa shape index (κ1) is 21.0. The Kier molecular flexibility index (Phi) is 5.36. The van der Waals surface area contributed by atoms with Gasteiger partial charge in [0.15, 0.2) is 5.65 Å². The van der Waals surface area contributed by atoms with Gasteiger partial charge in [0.1, 0.15) is 0 Å². The van der Waals surface area contributed by atoms with Crippen LogP contribution in [-0.2, 0) is 11.3 Å². The molecule has 4 heterocycles. The molecule has 0 bridgehead atoms. The van der Waals surface area contributed by atoms with Crippen molar-refractivity contribution in [2.24, 2.45) is 0 Å². The van der Waals surface area contributed by atoms with Crippen LogP contribution in [0.1, 0.15) is 5.56 Å². The van der Waals surface area contributed by atoms with Crippen molar-refractivity contribution in [1.82, 2.24) is 13.5 Å². The molecule has 5 aromatic rings. The fourth-order valence-electron chi connectivity index (χ4n) is 4.72. The van der Waals surface area contributed by atoms with Gasteiger partial charge in [0, 0.05) is 42.5 Å². The smallest absolute Gasteiger partial charge is 0.251 e. The predicted octanol–water partition coefficient (Wildman–Crippen LogP) is 4.60. The van der Waals surface area contributed by atoms with Gasteiger partial charge >= 0.3 is 0 Å². The van der Waals surface area contributed by atoms with E-state index in [1.807, 2.05) is 42.9 Å². The van der Waals surface area contributed by atoms with E-state index in [0.717, 1.165) is 46.5 Å². The van der Waals surface area contributed by atoms with Crippen molar-refractivity contribution in [3.05, 3.63) is 95.2 Å². The first-order chi connectivity index (χ1) is 16.7. The summed E-state index contributed by atoms with van der Waals surface area (Å²) in [5.41, 5.74) is 4.72. The minimum absolute atomic E-state index is 0.0391. The lowest BCUT2D eigenvalue weighted by atomic mass is 10.0. The highest BCUT2D eigenvalue weighted by Crippen LogP contribution is 2.32. The van der Waals surface area contributed by atoms with Crippen molar-refractivity contribution in [2.75, 3.05) is 31.2 Å². The Bertz CT molecular complexity index is 1560. The third kappa shape index (κ3) is 3.77. The molecule has 34 heavy (non-hydrogen) atoms. The monoisotopic (exact) mass is 468 g/mol. The zero-order valence-corrected chi connectivity index (χ0v) is 19.5. The van der Waals surface area contributed by atoms with E-state index in [2.05, 4.69) is 53.0 Å². The molecule has 0 atom stereocenters. The Labute approximate surface area is 202 Å². The molecule has 3 aromatic heterocycles. The summed E-state index contributed by atoms with van der Waals surface area (Å²) < 4.78 is 8.95. The van der Waals surface area contributed by atoms with E-state index in [9.17, 15) is 4.79 Å². The number of hydrogen-bond donors (Lipinski definition) is 1. The summed E-state index contributed by atoms with van der Waals surface area (Å²) in [4.78, 5) is 20.0. The first-order valence-corrected chi connectivity index (χ1v) is 11.8. The number of rotatable bonds is 4. The molecular weight excluding hydrogens is 444 g/mol. The van der Waals surface area contributed by atoms with E-state index in [1.165, 1.54) is 10.8 Å². The zero-order valence-electron chi connectivity index (χ0n) is 18.6. The summed E-state index contributed by atoms with van der Waals surface area (Å²) in [7, 11) is 0. The van der Waals surface area contributed by atoms with Gasteiger partial charge in [-0.05, 0) is 34.0 Å². The van der Waals surface area contributed by atoms with Crippen LogP contribution in [-0.4, -0.2) is 39.8 Å². The summed E-state index contributed by atoms with van der Waals surface area (Å²) in [6.07, 6.45) is 5.68. The quantitative estimate of drug-likeness (QED) is 0.392. The van der Waals surface area contributed by atoms with Crippen LogP contribution in [0.5, 0.6) is 0 Å². The molecule has 6 rings (SSSR count). The van der Waals surface area contributed by atoms with Crippen LogP contribution in [0.4, 0.5) is 5.69 Å². The molecule has 1 aliphatic heterocycles. The van der Waals surface area contributed by atoms with Gasteiger partial charge in [-0.2, -0.15) is 0 Å². The molecule has 0 N–H and O–H groups in total. The molecule has 2 aromatic carbocycles. The number of morpholine rings is 1. The lowest BCUT2D eigenvalue weighted by Crippen LogP contribution is -2.36. The maximum absolute atomic E-state index is 13.1. The number of pyridine rings is 2. The van der Waals surface area contributed by atoms with Crippen LogP contribution >= 0.6 is 12.8 Å². The van der Waals surface area contributed by atoms with E-state index in [0.29, 0.717) is 19.8 Å². The minimum atomic E-state index is -0.0391. The van der Waals surface area contributed by atoms with E-state index in [1.54, 1.807) is 14.6 Å². The molecule has 0 aliphatic carbocycles. The lowest BCUT2D eigenvalue weighted by molar-refractivity contribution is 0.122. The number of thiol groups is 1. The Morgan fingerprint density at radius 3 is 2.65 bits per heavy atom. The van der Waals surface area contributed by atoms with Gasteiger partial charge in [0.05, 0.1) is 31.6 Å². The number of anilines is 1. The van der Waals surface area contributed by atoms with Crippen molar-refractivity contribution < 1.29 is 4.74 Å². The highest BCUT2D eigenvalue weighted by Gasteiger charge is 2.16. The lowest BCUT2D eigenvalue weighted by Gasteiger charge is -2.28. The van der Waals surface area contributed by atoms with Gasteiger partial charge < -0.3 is 14.2 Å². The van der Waals surface area contributed by atoms with Gasteiger partial charge in [-0.3, -0.25) is 8.77 Å². The van der Waals surface area contributed by atoms with Gasteiger partial charge in [0.25, 0.3) is 5.56 Å². The first-order valence-electron chi connectivity index (χ1n) is 11.4. The SMILES string of the molecule is O=c1cc(-c2cn(S)c3ncc(N4CCOCC4)cc23)ccn1Cc1cccc2ccccc12. The minimum Gasteiger partial charge on any atom is -0.378 e. The maximum atomic E-state index is 13.1. The Morgan fingerprint density at radius 1 is 0.971 bits per heavy atom. The Morgan fingerprint density at radius 2 is 1.79 bits per heavy atom. The fourth-order valence-corrected chi connectivity index (χ4v) is 5.00. The number of hydrogen-bond acceptors (Lipinski definition) is 5. The average molecular weight is 469 g/mol. The second-order valence-electron chi connectivity index (χ2n) is 8.57. The summed E-state index contributed by atoms with van der Waals surface area (Å²) in [6.45, 7) is 3.64. The molecule has 170 valence electrons. The molecule has 1 aliphatic rings. The van der Waals surface area contributed by atoms with Crippen LogP contribution in [0.2, 0.25) is 0 Å². The number of ether oxygens (including phenoxy) is 1. The molecule has 0 unspecified atom stereocenters. The molecule has 1 fully saturated rings. The van der Waals surface area contributed by atoms with E-state index < -0.39 is 0 Å². The van der Waals surface area contributed by atoms with Crippen LogP contribution in [0.25, 0.3) is 32.9 Å². The zero-order chi connectivity index (χ0) is 23.1. The third-order valence-electron chi connectivity index (χ3n) is 6.51. The standard InChI is InChI=1S/C27H24N4O2S/c32-26-14-20(8-9-30(26)17-21-6-3-5-19-4-1-2-7-23(19)21)25-18-31(34)27-24(25)15-22(16-28-27)29-10-12-33-13-11-29/h1-9,14-16,18,34H,10-13,17H2. The van der Waals surface area contributed by atoms with Crippen molar-refractivity contribution in [2.45, 2.75) is 6.54 Å². The van der Waals surface area contributed by atoms with Gasteiger partial charge in [-0.1, -0.05) is 55.3 Å². The Hall–Kier alpha value is -3.55. The summed E-state index contributed by atoms with van der Waals surface area (Å²) in [5.74, 6) is 0. The van der Waals surface area contributed by atoms with Crippen molar-refractivity contribution in [1.29, 1.82) is 0 Å². The average Bonchev–Trinajstić information content (AvgIpc) is 3.21. The van der Waals surface area contributed by atoms with Crippen molar-refractivity contribution in [3.63, 3.8) is 0 Å². The van der Waals surface area contributed by atoms with Crippen LogP contribution < -0.4 is 10.5 Å². The highest BCUT2D eigenvalue weighted by atomic mass is 32.1. The van der Waals surface area contributed by atoms with Crippen molar-refractivity contribution >= 4 is 40.3 Å². The van der Waals surface area contributed by atoms with E-state index in [-0.39, 0.29) is 5.56 Å². The van der Waals surface area contributed by atoms with Gasteiger partial charge in [0.2, 0.25) is 0 Å².